The third-order valence-corrected chi connectivity index (χ3v) is 3.87. The summed E-state index contributed by atoms with van der Waals surface area (Å²) in [7, 11) is 0. The number of thiophene rings is 1. The van der Waals surface area contributed by atoms with E-state index in [4.69, 9.17) is 5.26 Å². The highest BCUT2D eigenvalue weighted by Gasteiger charge is 2.29. The van der Waals surface area contributed by atoms with Crippen molar-refractivity contribution in [2.75, 3.05) is 5.32 Å². The van der Waals surface area contributed by atoms with Crippen LogP contribution in [0, 0.1) is 11.3 Å². The first-order chi connectivity index (χ1) is 10.4. The summed E-state index contributed by atoms with van der Waals surface area (Å²) in [4.78, 5) is 46.3. The van der Waals surface area contributed by atoms with Gasteiger partial charge in [-0.15, -0.1) is 11.3 Å². The second-order valence-electron chi connectivity index (χ2n) is 4.62. The maximum Gasteiger partial charge on any atom is 0.254 e. The van der Waals surface area contributed by atoms with Gasteiger partial charge in [0, 0.05) is 18.7 Å². The molecule has 1 atom stereocenters. The van der Waals surface area contributed by atoms with E-state index in [0.717, 1.165) is 11.3 Å². The molecule has 8 nitrogen and oxygen atoms in total. The molecule has 2 heterocycles. The van der Waals surface area contributed by atoms with Gasteiger partial charge in [-0.25, -0.2) is 0 Å². The molecule has 1 aliphatic rings. The standard InChI is InChI=1S/C13H12N4O4S/c1-6(18)15-11-7(5-22-9(11)4-14)12(20)16-8-2-3-10(19)17-13(8)21/h5,8H,2-3H2,1H3,(H,15,18)(H,16,20)(H,17,19,21). The van der Waals surface area contributed by atoms with Gasteiger partial charge >= 0.3 is 0 Å². The number of anilines is 1. The molecular weight excluding hydrogens is 308 g/mol. The predicted octanol–water partition coefficient (Wildman–Crippen LogP) is 0.113. The maximum atomic E-state index is 12.2. The Bertz CT molecular complexity index is 703. The van der Waals surface area contributed by atoms with Crippen LogP contribution in [-0.4, -0.2) is 29.7 Å². The van der Waals surface area contributed by atoms with Crippen LogP contribution in [0.1, 0.15) is 35.0 Å². The Kier molecular flexibility index (Phi) is 4.53. The van der Waals surface area contributed by atoms with Crippen molar-refractivity contribution in [1.82, 2.24) is 10.6 Å². The van der Waals surface area contributed by atoms with Gasteiger partial charge in [0.25, 0.3) is 5.91 Å². The van der Waals surface area contributed by atoms with Gasteiger partial charge in [-0.3, -0.25) is 24.5 Å². The van der Waals surface area contributed by atoms with Gasteiger partial charge in [0.05, 0.1) is 11.3 Å². The summed E-state index contributed by atoms with van der Waals surface area (Å²) in [6, 6.07) is 1.08. The first-order valence-electron chi connectivity index (χ1n) is 6.36. The number of hydrogen-bond donors (Lipinski definition) is 3. The van der Waals surface area contributed by atoms with Gasteiger partial charge in [-0.1, -0.05) is 0 Å². The lowest BCUT2D eigenvalue weighted by atomic mass is 10.1. The fourth-order valence-electron chi connectivity index (χ4n) is 1.97. The molecule has 0 radical (unpaired) electrons. The van der Waals surface area contributed by atoms with E-state index >= 15 is 0 Å². The maximum absolute atomic E-state index is 12.2. The van der Waals surface area contributed by atoms with Crippen molar-refractivity contribution in [3.63, 3.8) is 0 Å². The highest BCUT2D eigenvalue weighted by molar-refractivity contribution is 7.11. The molecule has 0 aromatic carbocycles. The number of nitrogens with one attached hydrogen (secondary N) is 3. The third-order valence-electron chi connectivity index (χ3n) is 2.98. The molecule has 0 bridgehead atoms. The number of rotatable bonds is 3. The molecule has 9 heteroatoms. The van der Waals surface area contributed by atoms with Crippen molar-refractivity contribution in [1.29, 1.82) is 5.26 Å². The second kappa shape index (κ2) is 6.36. The van der Waals surface area contributed by atoms with E-state index in [1.54, 1.807) is 0 Å². The lowest BCUT2D eigenvalue weighted by Crippen LogP contribution is -2.52. The van der Waals surface area contributed by atoms with Crippen LogP contribution in [0.15, 0.2) is 5.38 Å². The van der Waals surface area contributed by atoms with Gasteiger partial charge in [0.1, 0.15) is 17.0 Å². The highest BCUT2D eigenvalue weighted by atomic mass is 32.1. The summed E-state index contributed by atoms with van der Waals surface area (Å²) in [5.41, 5.74) is 0.242. The zero-order chi connectivity index (χ0) is 16.3. The first kappa shape index (κ1) is 15.7. The van der Waals surface area contributed by atoms with Crippen LogP contribution in [0.25, 0.3) is 0 Å². The van der Waals surface area contributed by atoms with Gasteiger partial charge in [0.2, 0.25) is 17.7 Å². The molecule has 0 aliphatic carbocycles. The summed E-state index contributed by atoms with van der Waals surface area (Å²) in [6.45, 7) is 1.26. The van der Waals surface area contributed by atoms with Crippen molar-refractivity contribution in [2.45, 2.75) is 25.8 Å². The minimum atomic E-state index is -0.819. The van der Waals surface area contributed by atoms with Gasteiger partial charge in [0.15, 0.2) is 0 Å². The molecule has 1 aliphatic heterocycles. The Morgan fingerprint density at radius 1 is 1.45 bits per heavy atom. The average molecular weight is 320 g/mol. The monoisotopic (exact) mass is 320 g/mol. The van der Waals surface area contributed by atoms with E-state index in [2.05, 4.69) is 16.0 Å². The van der Waals surface area contributed by atoms with Crippen LogP contribution >= 0.6 is 11.3 Å². The Labute approximate surface area is 129 Å². The van der Waals surface area contributed by atoms with Crippen LogP contribution < -0.4 is 16.0 Å². The Balaban J connectivity index is 2.18. The first-order valence-corrected chi connectivity index (χ1v) is 7.24. The summed E-state index contributed by atoms with van der Waals surface area (Å²) in [5.74, 6) is -1.95. The van der Waals surface area contributed by atoms with Crippen molar-refractivity contribution in [3.05, 3.63) is 15.8 Å². The Morgan fingerprint density at radius 3 is 2.77 bits per heavy atom. The quantitative estimate of drug-likeness (QED) is 0.681. The van der Waals surface area contributed by atoms with Gasteiger partial charge < -0.3 is 10.6 Å². The van der Waals surface area contributed by atoms with E-state index in [1.165, 1.54) is 12.3 Å². The Hall–Kier alpha value is -2.73. The molecule has 4 amide bonds. The van der Waals surface area contributed by atoms with Crippen LogP contribution in [0.3, 0.4) is 0 Å². The largest absolute Gasteiger partial charge is 0.340 e. The molecule has 22 heavy (non-hydrogen) atoms. The molecule has 1 unspecified atom stereocenters. The lowest BCUT2D eigenvalue weighted by Gasteiger charge is -2.21. The van der Waals surface area contributed by atoms with Crippen LogP contribution in [0.5, 0.6) is 0 Å². The van der Waals surface area contributed by atoms with Crippen molar-refractivity contribution in [3.8, 4) is 6.07 Å². The molecule has 1 aromatic heterocycles. The van der Waals surface area contributed by atoms with Crippen molar-refractivity contribution >= 4 is 40.7 Å². The number of carbonyl (C=O) groups is 4. The molecule has 1 aromatic rings. The number of amides is 4. The fourth-order valence-corrected chi connectivity index (χ4v) is 2.77. The number of hydrogen-bond acceptors (Lipinski definition) is 6. The van der Waals surface area contributed by atoms with Crippen molar-refractivity contribution in [2.24, 2.45) is 0 Å². The van der Waals surface area contributed by atoms with Crippen molar-refractivity contribution < 1.29 is 19.2 Å². The molecule has 1 fully saturated rings. The zero-order valence-electron chi connectivity index (χ0n) is 11.6. The SMILES string of the molecule is CC(=O)Nc1c(C(=O)NC2CCC(=O)NC2=O)csc1C#N. The van der Waals surface area contributed by atoms with Crippen LogP contribution in [0.4, 0.5) is 5.69 Å². The molecule has 2 rings (SSSR count). The average Bonchev–Trinajstić information content (AvgIpc) is 2.84. The highest BCUT2D eigenvalue weighted by Crippen LogP contribution is 2.27. The molecule has 1 saturated heterocycles. The molecule has 0 spiro atoms. The number of nitriles is 1. The fraction of sp³-hybridized carbons (Fsp3) is 0.308. The molecule has 114 valence electrons. The molecular formula is C13H12N4O4S. The van der Waals surface area contributed by atoms with Crippen LogP contribution in [-0.2, 0) is 14.4 Å². The van der Waals surface area contributed by atoms with Crippen LogP contribution in [0.2, 0.25) is 0 Å². The summed E-state index contributed by atoms with van der Waals surface area (Å²) in [6.07, 6.45) is 0.351. The van der Waals surface area contributed by atoms with E-state index in [1.807, 2.05) is 6.07 Å². The smallest absolute Gasteiger partial charge is 0.254 e. The summed E-state index contributed by atoms with van der Waals surface area (Å²) < 4.78 is 0. The third kappa shape index (κ3) is 3.29. The number of nitrogens with zero attached hydrogens (tertiary/aromatic N) is 1. The van der Waals surface area contributed by atoms with E-state index in [9.17, 15) is 19.2 Å². The number of carbonyl (C=O) groups excluding carboxylic acids is 4. The summed E-state index contributed by atoms with van der Waals surface area (Å²) >= 11 is 1.02. The normalized spacial score (nSPS) is 17.4. The minimum Gasteiger partial charge on any atom is -0.340 e. The van der Waals surface area contributed by atoms with E-state index in [0.29, 0.717) is 0 Å². The molecule has 3 N–H and O–H groups in total. The molecule has 0 saturated carbocycles. The predicted molar refractivity (Wildman–Crippen MR) is 77.0 cm³/mol. The lowest BCUT2D eigenvalue weighted by molar-refractivity contribution is -0.134. The van der Waals surface area contributed by atoms with E-state index < -0.39 is 23.8 Å². The van der Waals surface area contributed by atoms with E-state index in [-0.39, 0.29) is 34.9 Å². The summed E-state index contributed by atoms with van der Waals surface area (Å²) in [5, 5.41) is 17.5. The van der Waals surface area contributed by atoms with Gasteiger partial charge in [-0.05, 0) is 6.42 Å². The number of piperidine rings is 1. The topological polar surface area (TPSA) is 128 Å². The second-order valence-corrected chi connectivity index (χ2v) is 5.50. The zero-order valence-corrected chi connectivity index (χ0v) is 12.4. The number of imide groups is 1. The Morgan fingerprint density at radius 2 is 2.18 bits per heavy atom. The minimum absolute atomic E-state index is 0.112. The van der Waals surface area contributed by atoms with Gasteiger partial charge in [-0.2, -0.15) is 5.26 Å².